The molecule has 0 aliphatic heterocycles. The van der Waals surface area contributed by atoms with E-state index >= 15 is 0 Å². The molecule has 0 aromatic heterocycles. The molecule has 1 fully saturated rings. The second-order valence-electron chi connectivity index (χ2n) is 4.62. The Morgan fingerprint density at radius 2 is 2.19 bits per heavy atom. The number of nitrogens with one attached hydrogen (secondary N) is 1. The van der Waals surface area contributed by atoms with Gasteiger partial charge in [0.25, 0.3) is 0 Å². The first-order valence-electron chi connectivity index (χ1n) is 6.00. The van der Waals surface area contributed by atoms with Crippen LogP contribution in [-0.4, -0.2) is 6.54 Å². The van der Waals surface area contributed by atoms with Gasteiger partial charge in [-0.05, 0) is 36.6 Å². The highest BCUT2D eigenvalue weighted by Crippen LogP contribution is 2.28. The van der Waals surface area contributed by atoms with Gasteiger partial charge in [-0.2, -0.15) is 0 Å². The molecule has 0 amide bonds. The molecular weight excluding hydrogens is 220 g/mol. The molecule has 2 rings (SSSR count). The molecule has 0 heterocycles. The monoisotopic (exact) mass is 238 g/mol. The quantitative estimate of drug-likeness (QED) is 0.611. The Hall–Kier alpha value is -0.730. The average Bonchev–Trinajstić information content (AvgIpc) is 2.20. The first-order chi connectivity index (χ1) is 7.75. The summed E-state index contributed by atoms with van der Waals surface area (Å²) in [6.45, 7) is 1.99. The summed E-state index contributed by atoms with van der Waals surface area (Å²) < 4.78 is 0. The van der Waals surface area contributed by atoms with Crippen LogP contribution in [0.3, 0.4) is 0 Å². The molecule has 1 aromatic rings. The normalized spacial score (nSPS) is 16.1. The minimum Gasteiger partial charge on any atom is -0.398 e. The maximum Gasteiger partial charge on any atom is 0.0638 e. The van der Waals surface area contributed by atoms with Crippen LogP contribution in [0.2, 0.25) is 5.02 Å². The predicted molar refractivity (Wildman–Crippen MR) is 69.5 cm³/mol. The fourth-order valence-corrected chi connectivity index (χ4v) is 2.20. The molecule has 3 N–H and O–H groups in total. The van der Waals surface area contributed by atoms with Gasteiger partial charge in [0.1, 0.15) is 0 Å². The van der Waals surface area contributed by atoms with Gasteiger partial charge in [-0.25, -0.2) is 0 Å². The lowest BCUT2D eigenvalue weighted by molar-refractivity contribution is 0.292. The van der Waals surface area contributed by atoms with E-state index in [4.69, 9.17) is 17.3 Å². The third-order valence-electron chi connectivity index (χ3n) is 3.35. The van der Waals surface area contributed by atoms with Crippen LogP contribution in [0.5, 0.6) is 0 Å². The minimum atomic E-state index is 0.651. The van der Waals surface area contributed by atoms with Gasteiger partial charge in [0.2, 0.25) is 0 Å². The van der Waals surface area contributed by atoms with Gasteiger partial charge >= 0.3 is 0 Å². The summed E-state index contributed by atoms with van der Waals surface area (Å²) in [7, 11) is 0. The largest absolute Gasteiger partial charge is 0.398 e. The van der Waals surface area contributed by atoms with Crippen LogP contribution >= 0.6 is 11.6 Å². The standard InChI is InChI=1S/C13H19ClN2/c14-12-8-11(4-5-13(12)15)9-16-7-6-10-2-1-3-10/h4-5,8,10,16H,1-3,6-7,9,15H2. The zero-order chi connectivity index (χ0) is 11.4. The maximum absolute atomic E-state index is 5.96. The molecule has 0 atom stereocenters. The zero-order valence-electron chi connectivity index (χ0n) is 9.51. The SMILES string of the molecule is Nc1ccc(CNCCC2CCC2)cc1Cl. The Kier molecular flexibility index (Phi) is 4.08. The molecular formula is C13H19ClN2. The van der Waals surface area contributed by atoms with E-state index in [0.717, 1.165) is 19.0 Å². The molecule has 3 heteroatoms. The second-order valence-corrected chi connectivity index (χ2v) is 5.03. The number of nitrogen functional groups attached to an aromatic ring is 1. The third-order valence-corrected chi connectivity index (χ3v) is 3.68. The van der Waals surface area contributed by atoms with Crippen LogP contribution < -0.4 is 11.1 Å². The number of hydrogen-bond donors (Lipinski definition) is 2. The molecule has 0 spiro atoms. The number of benzene rings is 1. The first kappa shape index (κ1) is 11.7. The first-order valence-corrected chi connectivity index (χ1v) is 6.38. The van der Waals surface area contributed by atoms with E-state index in [1.165, 1.54) is 31.2 Å². The maximum atomic E-state index is 5.96. The van der Waals surface area contributed by atoms with Gasteiger partial charge < -0.3 is 11.1 Å². The van der Waals surface area contributed by atoms with Gasteiger partial charge in [0.15, 0.2) is 0 Å². The van der Waals surface area contributed by atoms with Crippen molar-refractivity contribution in [1.82, 2.24) is 5.32 Å². The van der Waals surface area contributed by atoms with E-state index in [-0.39, 0.29) is 0 Å². The highest BCUT2D eigenvalue weighted by molar-refractivity contribution is 6.33. The van der Waals surface area contributed by atoms with E-state index in [9.17, 15) is 0 Å². The molecule has 0 bridgehead atoms. The number of hydrogen-bond acceptors (Lipinski definition) is 2. The van der Waals surface area contributed by atoms with Gasteiger partial charge in [-0.1, -0.05) is 36.9 Å². The minimum absolute atomic E-state index is 0.651. The third kappa shape index (κ3) is 3.13. The lowest BCUT2D eigenvalue weighted by atomic mass is 9.83. The molecule has 2 nitrogen and oxygen atoms in total. The van der Waals surface area contributed by atoms with E-state index in [1.54, 1.807) is 0 Å². The summed E-state index contributed by atoms with van der Waals surface area (Å²) in [6, 6.07) is 5.83. The van der Waals surface area contributed by atoms with E-state index < -0.39 is 0 Å². The van der Waals surface area contributed by atoms with E-state index in [2.05, 4.69) is 5.32 Å². The van der Waals surface area contributed by atoms with Gasteiger partial charge in [-0.15, -0.1) is 0 Å². The number of nitrogens with two attached hydrogens (primary N) is 1. The molecule has 1 aromatic carbocycles. The second kappa shape index (κ2) is 5.55. The van der Waals surface area contributed by atoms with Crippen molar-refractivity contribution in [1.29, 1.82) is 0 Å². The summed E-state index contributed by atoms with van der Waals surface area (Å²) in [6.07, 6.45) is 5.59. The summed E-state index contributed by atoms with van der Waals surface area (Å²) in [5, 5.41) is 4.10. The topological polar surface area (TPSA) is 38.0 Å². The number of rotatable bonds is 5. The molecule has 0 radical (unpaired) electrons. The van der Waals surface area contributed by atoms with Crippen molar-refractivity contribution in [2.75, 3.05) is 12.3 Å². The van der Waals surface area contributed by atoms with E-state index in [1.807, 2.05) is 18.2 Å². The molecule has 0 saturated heterocycles. The van der Waals surface area contributed by atoms with Crippen molar-refractivity contribution in [2.24, 2.45) is 5.92 Å². The van der Waals surface area contributed by atoms with Gasteiger partial charge in [0.05, 0.1) is 10.7 Å². The Balaban J connectivity index is 1.69. The Morgan fingerprint density at radius 1 is 1.38 bits per heavy atom. The molecule has 1 aliphatic carbocycles. The van der Waals surface area contributed by atoms with Crippen molar-refractivity contribution in [3.8, 4) is 0 Å². The highest BCUT2D eigenvalue weighted by Gasteiger charge is 2.16. The van der Waals surface area contributed by atoms with Crippen molar-refractivity contribution in [2.45, 2.75) is 32.2 Å². The van der Waals surface area contributed by atoms with Crippen molar-refractivity contribution in [3.63, 3.8) is 0 Å². The fourth-order valence-electron chi connectivity index (χ4n) is 2.00. The number of halogens is 1. The summed E-state index contributed by atoms with van der Waals surface area (Å²) in [5.41, 5.74) is 7.51. The Labute approximate surface area is 102 Å². The molecule has 1 saturated carbocycles. The Bertz CT molecular complexity index is 348. The Morgan fingerprint density at radius 3 is 2.81 bits per heavy atom. The smallest absolute Gasteiger partial charge is 0.0638 e. The van der Waals surface area contributed by atoms with Crippen LogP contribution in [0.25, 0.3) is 0 Å². The van der Waals surface area contributed by atoms with Gasteiger partial charge in [0, 0.05) is 6.54 Å². The molecule has 0 unspecified atom stereocenters. The van der Waals surface area contributed by atoms with Crippen LogP contribution in [0.1, 0.15) is 31.2 Å². The summed E-state index contributed by atoms with van der Waals surface area (Å²) in [4.78, 5) is 0. The molecule has 1 aliphatic rings. The average molecular weight is 239 g/mol. The van der Waals surface area contributed by atoms with Crippen LogP contribution in [0.15, 0.2) is 18.2 Å². The van der Waals surface area contributed by atoms with Gasteiger partial charge in [-0.3, -0.25) is 0 Å². The molecule has 16 heavy (non-hydrogen) atoms. The van der Waals surface area contributed by atoms with Crippen molar-refractivity contribution >= 4 is 17.3 Å². The number of anilines is 1. The van der Waals surface area contributed by atoms with Crippen LogP contribution in [0.4, 0.5) is 5.69 Å². The van der Waals surface area contributed by atoms with Crippen molar-refractivity contribution in [3.05, 3.63) is 28.8 Å². The lowest BCUT2D eigenvalue weighted by Crippen LogP contribution is -2.21. The molecule has 88 valence electrons. The van der Waals surface area contributed by atoms with Crippen LogP contribution in [0, 0.1) is 5.92 Å². The summed E-state index contributed by atoms with van der Waals surface area (Å²) in [5.74, 6) is 0.975. The highest BCUT2D eigenvalue weighted by atomic mass is 35.5. The summed E-state index contributed by atoms with van der Waals surface area (Å²) >= 11 is 5.96. The van der Waals surface area contributed by atoms with Crippen LogP contribution in [-0.2, 0) is 6.54 Å². The van der Waals surface area contributed by atoms with Crippen molar-refractivity contribution < 1.29 is 0 Å². The lowest BCUT2D eigenvalue weighted by Gasteiger charge is -2.25. The van der Waals surface area contributed by atoms with E-state index in [0.29, 0.717) is 10.7 Å². The fraction of sp³-hybridized carbons (Fsp3) is 0.538. The zero-order valence-corrected chi connectivity index (χ0v) is 10.3. The predicted octanol–water partition coefficient (Wildman–Crippen LogP) is 3.20.